The molecule has 1 atom stereocenters. The molecule has 36 heavy (non-hydrogen) atoms. The van der Waals surface area contributed by atoms with Gasteiger partial charge in [0.1, 0.15) is 5.75 Å². The highest BCUT2D eigenvalue weighted by atomic mass is 32.1. The largest absolute Gasteiger partial charge is 0.496 e. The Kier molecular flexibility index (Phi) is 7.41. The molecular weight excluding hydrogens is 478 g/mol. The zero-order valence-electron chi connectivity index (χ0n) is 21.5. The highest BCUT2D eigenvalue weighted by molar-refractivity contribution is 7.07. The fraction of sp³-hybridized carbons (Fsp3) is 0.556. The second-order valence-corrected chi connectivity index (χ2v) is 11.6. The molecule has 9 heteroatoms. The number of piperazine rings is 1. The van der Waals surface area contributed by atoms with Gasteiger partial charge in [-0.2, -0.15) is 0 Å². The molecule has 0 bridgehead atoms. The Morgan fingerprint density at radius 3 is 2.50 bits per heavy atom. The van der Waals surface area contributed by atoms with E-state index in [4.69, 9.17) is 4.74 Å². The molecule has 2 amide bonds. The summed E-state index contributed by atoms with van der Waals surface area (Å²) < 4.78 is 5.59. The third-order valence-corrected chi connectivity index (χ3v) is 8.07. The number of carboxylic acid groups (broad SMARTS) is 1. The van der Waals surface area contributed by atoms with Crippen LogP contribution in [0, 0.1) is 5.92 Å². The second-order valence-electron chi connectivity index (χ2n) is 10.9. The zero-order valence-corrected chi connectivity index (χ0v) is 22.3. The first-order valence-corrected chi connectivity index (χ1v) is 13.4. The number of ether oxygens (including phenoxy) is 1. The number of hydrogen-bond donors (Lipinski definition) is 1. The predicted molar refractivity (Wildman–Crippen MR) is 137 cm³/mol. The van der Waals surface area contributed by atoms with Crippen LogP contribution in [0.25, 0.3) is 0 Å². The van der Waals surface area contributed by atoms with E-state index in [0.29, 0.717) is 23.6 Å². The van der Waals surface area contributed by atoms with E-state index in [2.05, 4.69) is 25.8 Å². The Balaban J connectivity index is 1.71. The van der Waals surface area contributed by atoms with Gasteiger partial charge in [-0.25, -0.2) is 9.78 Å². The van der Waals surface area contributed by atoms with Crippen LogP contribution in [0.3, 0.4) is 0 Å². The third-order valence-electron chi connectivity index (χ3n) is 7.44. The van der Waals surface area contributed by atoms with Crippen LogP contribution in [0.4, 0.5) is 0 Å². The lowest BCUT2D eigenvalue weighted by Crippen LogP contribution is -2.69. The van der Waals surface area contributed by atoms with Crippen LogP contribution in [0.5, 0.6) is 5.75 Å². The van der Waals surface area contributed by atoms with E-state index in [1.165, 1.54) is 16.2 Å². The number of thiazole rings is 1. The van der Waals surface area contributed by atoms with E-state index < -0.39 is 11.5 Å². The number of carbonyl (C=O) groups is 3. The van der Waals surface area contributed by atoms with Gasteiger partial charge in [0, 0.05) is 36.4 Å². The minimum absolute atomic E-state index is 0.000277. The molecule has 0 radical (unpaired) electrons. The summed E-state index contributed by atoms with van der Waals surface area (Å²) in [5, 5.41) is 12.4. The molecule has 194 valence electrons. The van der Waals surface area contributed by atoms with Gasteiger partial charge >= 0.3 is 5.97 Å². The molecule has 0 spiro atoms. The smallest absolute Gasteiger partial charge is 0.331 e. The number of carboxylic acids is 1. The topological polar surface area (TPSA) is 100 Å². The fourth-order valence-electron chi connectivity index (χ4n) is 5.46. The van der Waals surface area contributed by atoms with Crippen molar-refractivity contribution in [3.8, 4) is 5.75 Å². The molecule has 1 aromatic carbocycles. The van der Waals surface area contributed by atoms with Crippen molar-refractivity contribution in [1.82, 2.24) is 14.8 Å². The minimum atomic E-state index is -1.62. The molecular formula is C27H35N3O5S. The van der Waals surface area contributed by atoms with Gasteiger partial charge in [0.05, 0.1) is 24.9 Å². The standard InChI is InChI=1S/C27H35N3O5S/c1-26(2,3)21-10-9-19(13-22(21)35-4)24(32)30-12-11-29(23(31)18-7-5-6-8-18)16-27(30,25(33)34)14-20-15-36-17-28-20/h9-10,13,15,17-18H,5-8,11-12,14,16H2,1-4H3,(H,33,34). The summed E-state index contributed by atoms with van der Waals surface area (Å²) in [5.74, 6) is -0.999. The SMILES string of the molecule is COc1cc(C(=O)N2CCN(C(=O)C3CCCC3)CC2(Cc2cscn2)C(=O)O)ccc1C(C)(C)C. The summed E-state index contributed by atoms with van der Waals surface area (Å²) in [6.07, 6.45) is 3.74. The maximum atomic E-state index is 13.9. The van der Waals surface area contributed by atoms with Gasteiger partial charge in [-0.05, 0) is 36.0 Å². The minimum Gasteiger partial charge on any atom is -0.496 e. The van der Waals surface area contributed by atoms with Gasteiger partial charge in [0.25, 0.3) is 5.91 Å². The summed E-state index contributed by atoms with van der Waals surface area (Å²) in [6.45, 7) is 6.59. The van der Waals surface area contributed by atoms with Gasteiger partial charge in [-0.15, -0.1) is 11.3 Å². The number of rotatable bonds is 6. The Hall–Kier alpha value is -2.94. The van der Waals surface area contributed by atoms with E-state index in [1.54, 1.807) is 35.0 Å². The highest BCUT2D eigenvalue weighted by Crippen LogP contribution is 2.35. The number of benzene rings is 1. The third kappa shape index (κ3) is 4.98. The average molecular weight is 514 g/mol. The van der Waals surface area contributed by atoms with E-state index >= 15 is 0 Å². The van der Waals surface area contributed by atoms with Crippen molar-refractivity contribution in [3.63, 3.8) is 0 Å². The van der Waals surface area contributed by atoms with E-state index in [0.717, 1.165) is 31.2 Å². The lowest BCUT2D eigenvalue weighted by molar-refractivity contribution is -0.157. The Morgan fingerprint density at radius 2 is 1.92 bits per heavy atom. The molecule has 8 nitrogen and oxygen atoms in total. The van der Waals surface area contributed by atoms with Crippen molar-refractivity contribution in [3.05, 3.63) is 45.9 Å². The molecule has 2 aromatic rings. The summed E-state index contributed by atoms with van der Waals surface area (Å²) >= 11 is 1.38. The molecule has 1 aliphatic carbocycles. The molecule has 4 rings (SSSR count). The molecule has 2 heterocycles. The lowest BCUT2D eigenvalue weighted by Gasteiger charge is -2.48. The molecule has 1 saturated carbocycles. The summed E-state index contributed by atoms with van der Waals surface area (Å²) in [6, 6.07) is 5.29. The molecule has 2 aliphatic rings. The van der Waals surface area contributed by atoms with Gasteiger partial charge in [0.2, 0.25) is 5.91 Å². The van der Waals surface area contributed by atoms with E-state index in [1.807, 2.05) is 6.07 Å². The van der Waals surface area contributed by atoms with Crippen molar-refractivity contribution in [2.24, 2.45) is 5.92 Å². The van der Waals surface area contributed by atoms with Crippen LogP contribution in [-0.4, -0.2) is 70.0 Å². The van der Waals surface area contributed by atoms with Gasteiger partial charge in [-0.1, -0.05) is 39.7 Å². The molecule has 1 saturated heterocycles. The maximum absolute atomic E-state index is 13.9. The number of methoxy groups -OCH3 is 1. The molecule has 2 fully saturated rings. The van der Waals surface area contributed by atoms with Gasteiger partial charge < -0.3 is 19.6 Å². The number of aliphatic carboxylic acids is 1. The van der Waals surface area contributed by atoms with Crippen molar-refractivity contribution < 1.29 is 24.2 Å². The van der Waals surface area contributed by atoms with Crippen LogP contribution in [0.15, 0.2) is 29.1 Å². The molecule has 1 unspecified atom stereocenters. The molecule has 1 aromatic heterocycles. The zero-order chi connectivity index (χ0) is 26.1. The molecule has 1 aliphatic heterocycles. The average Bonchev–Trinajstić information content (AvgIpc) is 3.56. The van der Waals surface area contributed by atoms with Crippen LogP contribution in [0.1, 0.15) is 68.1 Å². The number of aromatic nitrogens is 1. The number of hydrogen-bond acceptors (Lipinski definition) is 6. The van der Waals surface area contributed by atoms with Crippen LogP contribution in [0.2, 0.25) is 0 Å². The monoisotopic (exact) mass is 513 g/mol. The summed E-state index contributed by atoms with van der Waals surface area (Å²) in [4.78, 5) is 47.5. The number of amides is 2. The van der Waals surface area contributed by atoms with Crippen LogP contribution >= 0.6 is 11.3 Å². The first-order valence-electron chi connectivity index (χ1n) is 12.5. The van der Waals surface area contributed by atoms with Gasteiger partial charge in [0.15, 0.2) is 5.54 Å². The van der Waals surface area contributed by atoms with Crippen LogP contribution < -0.4 is 4.74 Å². The molecule has 1 N–H and O–H groups in total. The maximum Gasteiger partial charge on any atom is 0.331 e. The van der Waals surface area contributed by atoms with Crippen LogP contribution in [-0.2, 0) is 21.4 Å². The number of nitrogens with zero attached hydrogens (tertiary/aromatic N) is 3. The second kappa shape index (κ2) is 10.2. The lowest BCUT2D eigenvalue weighted by atomic mass is 9.85. The summed E-state index contributed by atoms with van der Waals surface area (Å²) in [5.41, 5.74) is 1.76. The van der Waals surface area contributed by atoms with E-state index in [-0.39, 0.29) is 42.7 Å². The Bertz CT molecular complexity index is 1120. The quantitative estimate of drug-likeness (QED) is 0.627. The van der Waals surface area contributed by atoms with E-state index in [9.17, 15) is 19.5 Å². The van der Waals surface area contributed by atoms with Crippen molar-refractivity contribution in [1.29, 1.82) is 0 Å². The predicted octanol–water partition coefficient (Wildman–Crippen LogP) is 3.99. The van der Waals surface area contributed by atoms with Crippen molar-refractivity contribution in [2.75, 3.05) is 26.7 Å². The van der Waals surface area contributed by atoms with Crippen molar-refractivity contribution >= 4 is 29.1 Å². The number of carbonyl (C=O) groups excluding carboxylic acids is 2. The highest BCUT2D eigenvalue weighted by Gasteiger charge is 2.52. The summed E-state index contributed by atoms with van der Waals surface area (Å²) in [7, 11) is 1.57. The first-order chi connectivity index (χ1) is 17.1. The Morgan fingerprint density at radius 1 is 1.19 bits per heavy atom. The Labute approximate surface area is 216 Å². The first kappa shape index (κ1) is 26.1. The van der Waals surface area contributed by atoms with Gasteiger partial charge in [-0.3, -0.25) is 9.59 Å². The normalized spacial score (nSPS) is 21.0. The fourth-order valence-corrected chi connectivity index (χ4v) is 6.02. The van der Waals surface area contributed by atoms with Crippen molar-refractivity contribution in [2.45, 2.75) is 63.8 Å².